The number of hydrogen-bond donors (Lipinski definition) is 2. The largest absolute Gasteiger partial charge is 0.390 e. The van der Waals surface area contributed by atoms with E-state index in [4.69, 9.17) is 11.6 Å². The fourth-order valence-electron chi connectivity index (χ4n) is 1.14. The molecule has 0 saturated heterocycles. The Labute approximate surface area is 104 Å². The van der Waals surface area contributed by atoms with Crippen molar-refractivity contribution in [2.75, 3.05) is 11.9 Å². The average Bonchev–Trinajstić information content (AvgIpc) is 2.07. The zero-order chi connectivity index (χ0) is 11.5. The summed E-state index contributed by atoms with van der Waals surface area (Å²) in [5.41, 5.74) is 0.249. The smallest absolute Gasteiger partial charge is 0.0648 e. The Balaban J connectivity index is 2.51. The fourth-order valence-corrected chi connectivity index (χ4v) is 1.88. The highest BCUT2D eigenvalue weighted by molar-refractivity contribution is 9.10. The summed E-state index contributed by atoms with van der Waals surface area (Å²) in [6, 6.07) is 5.68. The molecule has 0 unspecified atom stereocenters. The van der Waals surface area contributed by atoms with E-state index in [-0.39, 0.29) is 0 Å². The molecule has 1 aromatic rings. The second-order valence-electron chi connectivity index (χ2n) is 4.11. The van der Waals surface area contributed by atoms with Crippen molar-refractivity contribution >= 4 is 33.2 Å². The SMILES string of the molecule is CC(C)(O)CCNc1ccc(Br)cc1Cl. The summed E-state index contributed by atoms with van der Waals surface area (Å²) in [4.78, 5) is 0. The third-order valence-corrected chi connectivity index (χ3v) is 2.79. The Bertz CT molecular complexity index is 336. The summed E-state index contributed by atoms with van der Waals surface area (Å²) in [6.45, 7) is 4.28. The quantitative estimate of drug-likeness (QED) is 0.887. The fraction of sp³-hybridized carbons (Fsp3) is 0.455. The Morgan fingerprint density at radius 1 is 1.47 bits per heavy atom. The summed E-state index contributed by atoms with van der Waals surface area (Å²) in [6.07, 6.45) is 0.680. The van der Waals surface area contributed by atoms with Gasteiger partial charge in [-0.15, -0.1) is 0 Å². The average molecular weight is 293 g/mol. The summed E-state index contributed by atoms with van der Waals surface area (Å²) in [7, 11) is 0. The molecule has 0 radical (unpaired) electrons. The molecule has 84 valence electrons. The molecule has 0 atom stereocenters. The Morgan fingerprint density at radius 3 is 2.67 bits per heavy atom. The van der Waals surface area contributed by atoms with Gasteiger partial charge in [0.25, 0.3) is 0 Å². The third kappa shape index (κ3) is 4.87. The van der Waals surface area contributed by atoms with Gasteiger partial charge in [-0.2, -0.15) is 0 Å². The maximum atomic E-state index is 9.53. The van der Waals surface area contributed by atoms with E-state index in [9.17, 15) is 5.11 Å². The van der Waals surface area contributed by atoms with E-state index in [1.807, 2.05) is 18.2 Å². The van der Waals surface area contributed by atoms with Crippen molar-refractivity contribution in [3.8, 4) is 0 Å². The molecular formula is C11H15BrClNO. The molecule has 0 bridgehead atoms. The molecule has 15 heavy (non-hydrogen) atoms. The molecule has 0 amide bonds. The van der Waals surface area contributed by atoms with Crippen molar-refractivity contribution in [1.29, 1.82) is 0 Å². The van der Waals surface area contributed by atoms with Gasteiger partial charge in [0.05, 0.1) is 16.3 Å². The van der Waals surface area contributed by atoms with E-state index in [2.05, 4.69) is 21.2 Å². The monoisotopic (exact) mass is 291 g/mol. The molecule has 1 aromatic carbocycles. The molecule has 0 aromatic heterocycles. The number of hydrogen-bond acceptors (Lipinski definition) is 2. The molecule has 0 saturated carbocycles. The molecule has 0 aliphatic rings. The van der Waals surface area contributed by atoms with Crippen molar-refractivity contribution in [1.82, 2.24) is 0 Å². The van der Waals surface area contributed by atoms with Crippen LogP contribution in [0.25, 0.3) is 0 Å². The summed E-state index contributed by atoms with van der Waals surface area (Å²) in [5, 5.41) is 13.4. The van der Waals surface area contributed by atoms with E-state index >= 15 is 0 Å². The van der Waals surface area contributed by atoms with Gasteiger partial charge in [0.2, 0.25) is 0 Å². The second kappa shape index (κ2) is 5.19. The first-order valence-corrected chi connectivity index (χ1v) is 5.97. The van der Waals surface area contributed by atoms with Crippen LogP contribution in [0.1, 0.15) is 20.3 Å². The van der Waals surface area contributed by atoms with Gasteiger partial charge < -0.3 is 10.4 Å². The number of aliphatic hydroxyl groups is 1. The summed E-state index contributed by atoms with van der Waals surface area (Å²) >= 11 is 9.37. The van der Waals surface area contributed by atoms with Crippen LogP contribution in [0.3, 0.4) is 0 Å². The molecule has 4 heteroatoms. The minimum Gasteiger partial charge on any atom is -0.390 e. The minimum atomic E-state index is -0.644. The van der Waals surface area contributed by atoms with Crippen molar-refractivity contribution in [2.45, 2.75) is 25.9 Å². The number of nitrogens with one attached hydrogen (secondary N) is 1. The number of halogens is 2. The standard InChI is InChI=1S/C11H15BrClNO/c1-11(2,15)5-6-14-10-4-3-8(12)7-9(10)13/h3-4,7,14-15H,5-6H2,1-2H3. The first kappa shape index (κ1) is 12.8. The zero-order valence-corrected chi connectivity index (χ0v) is 11.2. The number of benzene rings is 1. The first-order valence-electron chi connectivity index (χ1n) is 4.80. The second-order valence-corrected chi connectivity index (χ2v) is 5.44. The van der Waals surface area contributed by atoms with Crippen molar-refractivity contribution in [3.63, 3.8) is 0 Å². The van der Waals surface area contributed by atoms with Crippen LogP contribution in [0.2, 0.25) is 5.02 Å². The Hall–Kier alpha value is -0.250. The summed E-state index contributed by atoms with van der Waals surface area (Å²) in [5.74, 6) is 0. The normalized spacial score (nSPS) is 11.5. The van der Waals surface area contributed by atoms with Gasteiger partial charge in [-0.1, -0.05) is 27.5 Å². The van der Waals surface area contributed by atoms with Gasteiger partial charge in [-0.3, -0.25) is 0 Å². The molecule has 1 rings (SSSR count). The lowest BCUT2D eigenvalue weighted by molar-refractivity contribution is 0.0749. The maximum Gasteiger partial charge on any atom is 0.0648 e. The molecule has 2 N–H and O–H groups in total. The van der Waals surface area contributed by atoms with Crippen molar-refractivity contribution < 1.29 is 5.11 Å². The summed E-state index contributed by atoms with van der Waals surface area (Å²) < 4.78 is 0.959. The van der Waals surface area contributed by atoms with Gasteiger partial charge in [-0.25, -0.2) is 0 Å². The van der Waals surface area contributed by atoms with Crippen molar-refractivity contribution in [3.05, 3.63) is 27.7 Å². The predicted octanol–water partition coefficient (Wildman–Crippen LogP) is 3.68. The van der Waals surface area contributed by atoms with E-state index in [1.54, 1.807) is 13.8 Å². The van der Waals surface area contributed by atoms with Crippen LogP contribution in [-0.2, 0) is 0 Å². The lowest BCUT2D eigenvalue weighted by Crippen LogP contribution is -2.22. The van der Waals surface area contributed by atoms with E-state index in [0.717, 1.165) is 10.2 Å². The molecule has 0 spiro atoms. The van der Waals surface area contributed by atoms with Crippen LogP contribution in [0.15, 0.2) is 22.7 Å². The van der Waals surface area contributed by atoms with Crippen LogP contribution in [0.5, 0.6) is 0 Å². The van der Waals surface area contributed by atoms with Gasteiger partial charge >= 0.3 is 0 Å². The van der Waals surface area contributed by atoms with Crippen molar-refractivity contribution in [2.24, 2.45) is 0 Å². The van der Waals surface area contributed by atoms with Crippen LogP contribution in [0, 0.1) is 0 Å². The molecule has 0 aliphatic heterocycles. The van der Waals surface area contributed by atoms with Gasteiger partial charge in [0, 0.05) is 11.0 Å². The van der Waals surface area contributed by atoms with E-state index in [1.165, 1.54) is 0 Å². The molecular weight excluding hydrogens is 277 g/mol. The number of anilines is 1. The highest BCUT2D eigenvalue weighted by Crippen LogP contribution is 2.25. The highest BCUT2D eigenvalue weighted by Gasteiger charge is 2.11. The van der Waals surface area contributed by atoms with Gasteiger partial charge in [-0.05, 0) is 38.5 Å². The maximum absolute atomic E-state index is 9.53. The number of rotatable bonds is 4. The lowest BCUT2D eigenvalue weighted by atomic mass is 10.1. The van der Waals surface area contributed by atoms with E-state index < -0.39 is 5.60 Å². The van der Waals surface area contributed by atoms with Gasteiger partial charge in [0.15, 0.2) is 0 Å². The first-order chi connectivity index (χ1) is 6.88. The topological polar surface area (TPSA) is 32.3 Å². The Kier molecular flexibility index (Phi) is 4.44. The van der Waals surface area contributed by atoms with Gasteiger partial charge in [0.1, 0.15) is 0 Å². The van der Waals surface area contributed by atoms with Crippen LogP contribution < -0.4 is 5.32 Å². The van der Waals surface area contributed by atoms with Crippen LogP contribution in [0.4, 0.5) is 5.69 Å². The molecule has 0 fully saturated rings. The lowest BCUT2D eigenvalue weighted by Gasteiger charge is -2.17. The molecule has 0 heterocycles. The van der Waals surface area contributed by atoms with E-state index in [0.29, 0.717) is 18.0 Å². The highest BCUT2D eigenvalue weighted by atomic mass is 79.9. The molecule has 0 aliphatic carbocycles. The predicted molar refractivity (Wildman–Crippen MR) is 68.6 cm³/mol. The minimum absolute atomic E-state index is 0.644. The molecule has 2 nitrogen and oxygen atoms in total. The third-order valence-electron chi connectivity index (χ3n) is 1.98. The Morgan fingerprint density at radius 2 is 2.13 bits per heavy atom. The zero-order valence-electron chi connectivity index (χ0n) is 8.85. The van der Waals surface area contributed by atoms with Crippen LogP contribution >= 0.6 is 27.5 Å². The van der Waals surface area contributed by atoms with Crippen LogP contribution in [-0.4, -0.2) is 17.3 Å².